The Morgan fingerprint density at radius 1 is 1.13 bits per heavy atom. The van der Waals surface area contributed by atoms with E-state index >= 15 is 0 Å². The maximum atomic E-state index is 13.3. The Balaban J connectivity index is 1.58. The Kier molecular flexibility index (Phi) is 4.72. The highest BCUT2D eigenvalue weighted by Gasteiger charge is 2.24. The summed E-state index contributed by atoms with van der Waals surface area (Å²) in [5, 5.41) is 0. The molecule has 1 saturated heterocycles. The molecule has 1 amide bonds. The summed E-state index contributed by atoms with van der Waals surface area (Å²) in [6, 6.07) is 14.4. The second-order valence-corrected chi connectivity index (χ2v) is 6.16. The Labute approximate surface area is 136 Å². The molecule has 3 rings (SSSR count). The van der Waals surface area contributed by atoms with Crippen LogP contribution >= 0.6 is 0 Å². The predicted octanol–water partition coefficient (Wildman–Crippen LogP) is 1.68. The van der Waals surface area contributed by atoms with Gasteiger partial charge in [0.15, 0.2) is 0 Å². The molecule has 2 aromatic carbocycles. The zero-order valence-electron chi connectivity index (χ0n) is 13.4. The van der Waals surface area contributed by atoms with Gasteiger partial charge in [-0.2, -0.15) is 0 Å². The number of aryl methyl sites for hydroxylation is 1. The summed E-state index contributed by atoms with van der Waals surface area (Å²) in [5.74, 6) is -0.431. The zero-order valence-corrected chi connectivity index (χ0v) is 13.4. The third-order valence-corrected chi connectivity index (χ3v) is 4.53. The van der Waals surface area contributed by atoms with Gasteiger partial charge in [-0.25, -0.2) is 4.39 Å². The molecule has 1 heterocycles. The number of halogens is 1. The smallest absolute Gasteiger partial charge is 0.254 e. The molecule has 0 spiro atoms. The highest BCUT2D eigenvalue weighted by atomic mass is 19.1. The van der Waals surface area contributed by atoms with Crippen LogP contribution in [-0.4, -0.2) is 37.0 Å². The van der Waals surface area contributed by atoms with Crippen LogP contribution in [0.3, 0.4) is 0 Å². The van der Waals surface area contributed by atoms with Crippen LogP contribution in [0.1, 0.15) is 21.5 Å². The predicted molar refractivity (Wildman–Crippen MR) is 87.9 cm³/mol. The summed E-state index contributed by atoms with van der Waals surface area (Å²) < 4.78 is 13.3. The van der Waals surface area contributed by atoms with Gasteiger partial charge in [0.05, 0.1) is 26.2 Å². The fourth-order valence-corrected chi connectivity index (χ4v) is 3.08. The van der Waals surface area contributed by atoms with Crippen molar-refractivity contribution in [2.75, 3.05) is 26.2 Å². The summed E-state index contributed by atoms with van der Waals surface area (Å²) in [5.41, 5.74) is 3.12. The molecule has 1 fully saturated rings. The Morgan fingerprint density at radius 2 is 1.87 bits per heavy atom. The van der Waals surface area contributed by atoms with Crippen molar-refractivity contribution in [3.05, 3.63) is 71.0 Å². The van der Waals surface area contributed by atoms with Crippen LogP contribution < -0.4 is 4.90 Å². The number of benzene rings is 2. The quantitative estimate of drug-likeness (QED) is 0.916. The summed E-state index contributed by atoms with van der Waals surface area (Å²) in [7, 11) is 0. The van der Waals surface area contributed by atoms with Crippen LogP contribution in [0.25, 0.3) is 0 Å². The van der Waals surface area contributed by atoms with Gasteiger partial charge in [-0.1, -0.05) is 30.3 Å². The standard InChI is InChI=1S/C19H21FN2O/c1-15-5-2-3-6-17(15)14-21-9-11-22(12-10-21)19(23)16-7-4-8-18(20)13-16/h2-8,13H,9-12,14H2,1H3/p+1. The van der Waals surface area contributed by atoms with Crippen molar-refractivity contribution in [3.63, 3.8) is 0 Å². The first-order valence-corrected chi connectivity index (χ1v) is 8.06. The molecule has 0 atom stereocenters. The minimum absolute atomic E-state index is 0.0700. The molecule has 0 saturated carbocycles. The van der Waals surface area contributed by atoms with Gasteiger partial charge in [0.25, 0.3) is 5.91 Å². The number of amides is 1. The van der Waals surface area contributed by atoms with E-state index in [2.05, 4.69) is 31.2 Å². The number of carbonyl (C=O) groups excluding carboxylic acids is 1. The van der Waals surface area contributed by atoms with E-state index in [1.165, 1.54) is 28.2 Å². The zero-order chi connectivity index (χ0) is 16.2. The van der Waals surface area contributed by atoms with E-state index < -0.39 is 0 Å². The second kappa shape index (κ2) is 6.92. The highest BCUT2D eigenvalue weighted by Crippen LogP contribution is 2.08. The molecule has 0 bridgehead atoms. The molecule has 4 heteroatoms. The van der Waals surface area contributed by atoms with Gasteiger partial charge in [-0.3, -0.25) is 4.79 Å². The first-order valence-electron chi connectivity index (χ1n) is 8.06. The molecule has 2 aromatic rings. The summed E-state index contributed by atoms with van der Waals surface area (Å²) in [6.07, 6.45) is 0. The number of quaternary nitrogens is 1. The van der Waals surface area contributed by atoms with Gasteiger partial charge in [0, 0.05) is 11.1 Å². The minimum atomic E-state index is -0.361. The monoisotopic (exact) mass is 313 g/mol. The summed E-state index contributed by atoms with van der Waals surface area (Å²) in [4.78, 5) is 15.7. The second-order valence-electron chi connectivity index (χ2n) is 6.16. The number of rotatable bonds is 3. The molecule has 0 aromatic heterocycles. The Morgan fingerprint density at radius 3 is 2.57 bits per heavy atom. The van der Waals surface area contributed by atoms with Crippen LogP contribution in [-0.2, 0) is 6.54 Å². The van der Waals surface area contributed by atoms with Crippen molar-refractivity contribution in [3.8, 4) is 0 Å². The fourth-order valence-electron chi connectivity index (χ4n) is 3.08. The first kappa shape index (κ1) is 15.7. The normalized spacial score (nSPS) is 15.7. The topological polar surface area (TPSA) is 24.8 Å². The van der Waals surface area contributed by atoms with Crippen molar-refractivity contribution in [1.82, 2.24) is 4.90 Å². The van der Waals surface area contributed by atoms with Crippen LogP contribution in [0.4, 0.5) is 4.39 Å². The van der Waals surface area contributed by atoms with E-state index in [0.717, 1.165) is 32.7 Å². The minimum Gasteiger partial charge on any atom is -0.328 e. The fraction of sp³-hybridized carbons (Fsp3) is 0.316. The molecular weight excluding hydrogens is 291 g/mol. The van der Waals surface area contributed by atoms with Crippen LogP contribution in [0.5, 0.6) is 0 Å². The maximum Gasteiger partial charge on any atom is 0.254 e. The molecule has 1 aliphatic heterocycles. The number of piperazine rings is 1. The SMILES string of the molecule is Cc1ccccc1C[NH+]1CCN(C(=O)c2cccc(F)c2)CC1. The third kappa shape index (κ3) is 3.77. The van der Waals surface area contributed by atoms with Crippen LogP contribution in [0, 0.1) is 12.7 Å². The van der Waals surface area contributed by atoms with E-state index in [1.807, 2.05) is 4.90 Å². The lowest BCUT2D eigenvalue weighted by Gasteiger charge is -2.32. The Bertz CT molecular complexity index is 693. The van der Waals surface area contributed by atoms with Crippen molar-refractivity contribution < 1.29 is 14.1 Å². The van der Waals surface area contributed by atoms with E-state index in [4.69, 9.17) is 0 Å². The van der Waals surface area contributed by atoms with Crippen LogP contribution in [0.15, 0.2) is 48.5 Å². The van der Waals surface area contributed by atoms with Gasteiger partial charge < -0.3 is 9.80 Å². The van der Waals surface area contributed by atoms with Gasteiger partial charge in [0.1, 0.15) is 12.4 Å². The third-order valence-electron chi connectivity index (χ3n) is 4.53. The van der Waals surface area contributed by atoms with Gasteiger partial charge in [0.2, 0.25) is 0 Å². The molecule has 3 nitrogen and oxygen atoms in total. The van der Waals surface area contributed by atoms with Crippen molar-refractivity contribution >= 4 is 5.91 Å². The molecule has 1 N–H and O–H groups in total. The van der Waals surface area contributed by atoms with Crippen LogP contribution in [0.2, 0.25) is 0 Å². The number of nitrogens with zero attached hydrogens (tertiary/aromatic N) is 1. The van der Waals surface area contributed by atoms with Gasteiger partial charge >= 0.3 is 0 Å². The molecule has 1 aliphatic rings. The number of hydrogen-bond acceptors (Lipinski definition) is 1. The van der Waals surface area contributed by atoms with Gasteiger partial charge in [-0.05, 0) is 30.7 Å². The molecule has 0 aliphatic carbocycles. The highest BCUT2D eigenvalue weighted by molar-refractivity contribution is 5.94. The molecule has 120 valence electrons. The average Bonchev–Trinajstić information content (AvgIpc) is 2.57. The summed E-state index contributed by atoms with van der Waals surface area (Å²) in [6.45, 7) is 6.42. The van der Waals surface area contributed by atoms with E-state index in [-0.39, 0.29) is 11.7 Å². The lowest BCUT2D eigenvalue weighted by atomic mass is 10.1. The van der Waals surface area contributed by atoms with Gasteiger partial charge in [-0.15, -0.1) is 0 Å². The van der Waals surface area contributed by atoms with E-state index in [0.29, 0.717) is 5.56 Å². The average molecular weight is 313 g/mol. The number of carbonyl (C=O) groups is 1. The van der Waals surface area contributed by atoms with Crippen molar-refractivity contribution in [1.29, 1.82) is 0 Å². The number of hydrogen-bond donors (Lipinski definition) is 1. The molecule has 0 unspecified atom stereocenters. The van der Waals surface area contributed by atoms with E-state index in [9.17, 15) is 9.18 Å². The molecular formula is C19H22FN2O+. The summed E-state index contributed by atoms with van der Waals surface area (Å²) >= 11 is 0. The lowest BCUT2D eigenvalue weighted by molar-refractivity contribution is -0.917. The number of nitrogens with one attached hydrogen (secondary N) is 1. The maximum absolute atomic E-state index is 13.3. The Hall–Kier alpha value is -2.20. The molecule has 23 heavy (non-hydrogen) atoms. The lowest BCUT2D eigenvalue weighted by Crippen LogP contribution is -3.13. The first-order chi connectivity index (χ1) is 11.1. The van der Waals surface area contributed by atoms with Crippen molar-refractivity contribution in [2.24, 2.45) is 0 Å². The largest absolute Gasteiger partial charge is 0.328 e. The van der Waals surface area contributed by atoms with Crippen molar-refractivity contribution in [2.45, 2.75) is 13.5 Å². The molecule has 0 radical (unpaired) electrons. The van der Waals surface area contributed by atoms with E-state index in [1.54, 1.807) is 12.1 Å².